The second-order valence-electron chi connectivity index (χ2n) is 3.32. The summed E-state index contributed by atoms with van der Waals surface area (Å²) >= 11 is 5.75. The number of benzene rings is 1. The first-order valence-corrected chi connectivity index (χ1v) is 5.37. The highest BCUT2D eigenvalue weighted by Crippen LogP contribution is 2.09. The summed E-state index contributed by atoms with van der Waals surface area (Å²) in [4.78, 5) is 10.4. The average Bonchev–Trinajstić information content (AvgIpc) is 2.25. The lowest BCUT2D eigenvalue weighted by Crippen LogP contribution is -2.30. The summed E-state index contributed by atoms with van der Waals surface area (Å²) in [6.45, 7) is 1.87. The molecule has 0 radical (unpaired) electrons. The van der Waals surface area contributed by atoms with Crippen molar-refractivity contribution in [3.63, 3.8) is 0 Å². The number of amides is 1. The molecular formula is C11H15ClN2O2. The molecule has 1 amide bonds. The molecular weight excluding hydrogens is 228 g/mol. The topological polar surface area (TPSA) is 64.4 Å². The van der Waals surface area contributed by atoms with Gasteiger partial charge in [-0.15, -0.1) is 0 Å². The molecule has 3 N–H and O–H groups in total. The largest absolute Gasteiger partial charge is 0.375 e. The van der Waals surface area contributed by atoms with Gasteiger partial charge in [-0.3, -0.25) is 4.79 Å². The Morgan fingerprint density at radius 3 is 2.69 bits per heavy atom. The third-order valence-corrected chi connectivity index (χ3v) is 2.16. The maximum Gasteiger partial charge on any atom is 0.231 e. The predicted molar refractivity (Wildman–Crippen MR) is 63.2 cm³/mol. The molecule has 4 nitrogen and oxygen atoms in total. The van der Waals surface area contributed by atoms with E-state index in [-0.39, 0.29) is 12.5 Å². The normalized spacial score (nSPS) is 10.3. The molecule has 0 bridgehead atoms. The minimum Gasteiger partial charge on any atom is -0.375 e. The van der Waals surface area contributed by atoms with Crippen LogP contribution in [0, 0.1) is 0 Å². The van der Waals surface area contributed by atoms with Crippen LogP contribution in [0.1, 0.15) is 5.56 Å². The van der Waals surface area contributed by atoms with E-state index < -0.39 is 0 Å². The Morgan fingerprint density at radius 2 is 2.06 bits per heavy atom. The third kappa shape index (κ3) is 5.70. The molecule has 0 atom stereocenters. The molecule has 0 aliphatic carbocycles. The second-order valence-corrected chi connectivity index (χ2v) is 3.76. The van der Waals surface area contributed by atoms with E-state index in [1.807, 2.05) is 24.3 Å². The quantitative estimate of drug-likeness (QED) is 0.700. The number of nitrogens with one attached hydrogen (secondary N) is 1. The summed E-state index contributed by atoms with van der Waals surface area (Å²) in [6.07, 6.45) is 0. The van der Waals surface area contributed by atoms with Gasteiger partial charge in [0.25, 0.3) is 0 Å². The fourth-order valence-corrected chi connectivity index (χ4v) is 1.25. The zero-order chi connectivity index (χ0) is 11.8. The first kappa shape index (κ1) is 13.0. The lowest BCUT2D eigenvalue weighted by Gasteiger charge is -2.05. The summed E-state index contributed by atoms with van der Waals surface area (Å²) in [6, 6.07) is 7.48. The first-order chi connectivity index (χ1) is 7.68. The molecule has 5 heteroatoms. The number of carbonyl (C=O) groups is 1. The molecule has 0 saturated heterocycles. The van der Waals surface area contributed by atoms with E-state index >= 15 is 0 Å². The monoisotopic (exact) mass is 242 g/mol. The highest BCUT2D eigenvalue weighted by Gasteiger charge is 1.95. The summed E-state index contributed by atoms with van der Waals surface area (Å²) in [5.74, 6) is -0.363. The van der Waals surface area contributed by atoms with Gasteiger partial charge in [0.15, 0.2) is 0 Å². The van der Waals surface area contributed by atoms with Crippen LogP contribution in [0.5, 0.6) is 0 Å². The number of carbonyl (C=O) groups excluding carboxylic acids is 1. The molecule has 0 aliphatic rings. The maximum atomic E-state index is 10.4. The van der Waals surface area contributed by atoms with Gasteiger partial charge in [-0.05, 0) is 17.7 Å². The number of hydrogen-bond donors (Lipinski definition) is 2. The fourth-order valence-electron chi connectivity index (χ4n) is 1.13. The minimum absolute atomic E-state index is 0.185. The van der Waals surface area contributed by atoms with Gasteiger partial charge in [0, 0.05) is 11.6 Å². The van der Waals surface area contributed by atoms with Crippen molar-refractivity contribution in [1.29, 1.82) is 0 Å². The smallest absolute Gasteiger partial charge is 0.231 e. The Balaban J connectivity index is 2.07. The first-order valence-electron chi connectivity index (χ1n) is 4.99. The number of hydrogen-bond acceptors (Lipinski definition) is 3. The van der Waals surface area contributed by atoms with Gasteiger partial charge in [0.05, 0.1) is 19.8 Å². The van der Waals surface area contributed by atoms with Crippen LogP contribution < -0.4 is 11.1 Å². The van der Waals surface area contributed by atoms with Crippen molar-refractivity contribution >= 4 is 17.5 Å². The SMILES string of the molecule is NC(=O)CNCCOCc1ccc(Cl)cc1. The van der Waals surface area contributed by atoms with Crippen molar-refractivity contribution in [1.82, 2.24) is 5.32 Å². The summed E-state index contributed by atoms with van der Waals surface area (Å²) in [7, 11) is 0. The Labute approximate surface area is 99.7 Å². The molecule has 88 valence electrons. The lowest BCUT2D eigenvalue weighted by molar-refractivity contribution is -0.117. The minimum atomic E-state index is -0.363. The van der Waals surface area contributed by atoms with E-state index in [2.05, 4.69) is 5.32 Å². The van der Waals surface area contributed by atoms with Gasteiger partial charge in [-0.2, -0.15) is 0 Å². The molecule has 1 aromatic rings. The van der Waals surface area contributed by atoms with E-state index in [0.717, 1.165) is 5.56 Å². The zero-order valence-electron chi connectivity index (χ0n) is 8.91. The van der Waals surface area contributed by atoms with Gasteiger partial charge in [0.2, 0.25) is 5.91 Å². The summed E-state index contributed by atoms with van der Waals surface area (Å²) in [5, 5.41) is 3.57. The maximum absolute atomic E-state index is 10.4. The van der Waals surface area contributed by atoms with E-state index in [9.17, 15) is 4.79 Å². The van der Waals surface area contributed by atoms with Crippen LogP contribution in [0.25, 0.3) is 0 Å². The van der Waals surface area contributed by atoms with Crippen molar-refractivity contribution in [2.24, 2.45) is 5.73 Å². The predicted octanol–water partition coefficient (Wildman–Crippen LogP) is 0.931. The van der Waals surface area contributed by atoms with Crippen LogP contribution in [0.3, 0.4) is 0 Å². The molecule has 0 saturated carbocycles. The van der Waals surface area contributed by atoms with Crippen LogP contribution in [-0.2, 0) is 16.1 Å². The lowest BCUT2D eigenvalue weighted by atomic mass is 10.2. The van der Waals surface area contributed by atoms with E-state index in [1.165, 1.54) is 0 Å². The second kappa shape index (κ2) is 7.22. The van der Waals surface area contributed by atoms with Crippen LogP contribution in [0.4, 0.5) is 0 Å². The molecule has 1 aromatic carbocycles. The van der Waals surface area contributed by atoms with E-state index in [1.54, 1.807) is 0 Å². The highest BCUT2D eigenvalue weighted by molar-refractivity contribution is 6.30. The fraction of sp³-hybridized carbons (Fsp3) is 0.364. The molecule has 0 aromatic heterocycles. The molecule has 0 fully saturated rings. The molecule has 0 heterocycles. The van der Waals surface area contributed by atoms with Crippen molar-refractivity contribution in [2.75, 3.05) is 19.7 Å². The van der Waals surface area contributed by atoms with E-state index in [0.29, 0.717) is 24.8 Å². The van der Waals surface area contributed by atoms with Gasteiger partial charge >= 0.3 is 0 Å². The van der Waals surface area contributed by atoms with Gasteiger partial charge in [-0.1, -0.05) is 23.7 Å². The highest BCUT2D eigenvalue weighted by atomic mass is 35.5. The van der Waals surface area contributed by atoms with Crippen molar-refractivity contribution in [3.05, 3.63) is 34.9 Å². The van der Waals surface area contributed by atoms with E-state index in [4.69, 9.17) is 22.1 Å². The third-order valence-electron chi connectivity index (χ3n) is 1.90. The molecule has 0 unspecified atom stereocenters. The standard InChI is InChI=1S/C11H15ClN2O2/c12-10-3-1-9(2-4-10)8-16-6-5-14-7-11(13)15/h1-4,14H,5-8H2,(H2,13,15). The van der Waals surface area contributed by atoms with Crippen molar-refractivity contribution in [2.45, 2.75) is 6.61 Å². The van der Waals surface area contributed by atoms with Crippen LogP contribution in [0.15, 0.2) is 24.3 Å². The summed E-state index contributed by atoms with van der Waals surface area (Å²) < 4.78 is 5.38. The Hall–Kier alpha value is -1.10. The van der Waals surface area contributed by atoms with Gasteiger partial charge in [-0.25, -0.2) is 0 Å². The molecule has 0 spiro atoms. The van der Waals surface area contributed by atoms with Crippen LogP contribution in [-0.4, -0.2) is 25.6 Å². The zero-order valence-corrected chi connectivity index (χ0v) is 9.67. The average molecular weight is 243 g/mol. The Bertz CT molecular complexity index is 327. The van der Waals surface area contributed by atoms with Gasteiger partial charge in [0.1, 0.15) is 0 Å². The number of primary amides is 1. The Kier molecular flexibility index (Phi) is 5.85. The number of rotatable bonds is 7. The van der Waals surface area contributed by atoms with Crippen molar-refractivity contribution in [3.8, 4) is 0 Å². The van der Waals surface area contributed by atoms with Crippen molar-refractivity contribution < 1.29 is 9.53 Å². The molecule has 1 rings (SSSR count). The molecule has 0 aliphatic heterocycles. The number of halogens is 1. The summed E-state index contributed by atoms with van der Waals surface area (Å²) in [5.41, 5.74) is 6.03. The van der Waals surface area contributed by atoms with Crippen LogP contribution >= 0.6 is 11.6 Å². The number of ether oxygens (including phenoxy) is 1. The van der Waals surface area contributed by atoms with Crippen LogP contribution in [0.2, 0.25) is 5.02 Å². The van der Waals surface area contributed by atoms with Gasteiger partial charge < -0.3 is 15.8 Å². The Morgan fingerprint density at radius 1 is 1.38 bits per heavy atom. The number of nitrogens with two attached hydrogens (primary N) is 1. The molecule has 16 heavy (non-hydrogen) atoms.